The van der Waals surface area contributed by atoms with E-state index < -0.39 is 46.6 Å². The minimum Gasteiger partial charge on any atom is -0.503 e. The molecule has 2 bridgehead atoms. The maximum absolute atomic E-state index is 14.3. The lowest BCUT2D eigenvalue weighted by atomic mass is 9.54. The number of benzene rings is 2. The summed E-state index contributed by atoms with van der Waals surface area (Å²) < 4.78 is 45.1. The quantitative estimate of drug-likeness (QED) is 0.120. The summed E-state index contributed by atoms with van der Waals surface area (Å²) in [6.07, 6.45) is 9.18. The summed E-state index contributed by atoms with van der Waals surface area (Å²) in [6.45, 7) is 4.50. The van der Waals surface area contributed by atoms with Crippen LogP contribution in [-0.2, 0) is 28.5 Å². The van der Waals surface area contributed by atoms with Crippen LogP contribution in [0.3, 0.4) is 0 Å². The monoisotopic (exact) mass is 857 g/mol. The zero-order valence-electron chi connectivity index (χ0n) is 33.7. The number of phenolic OH excluding ortho intramolecular Hbond substituents is 1. The third-order valence-corrected chi connectivity index (χ3v) is 14.6. The van der Waals surface area contributed by atoms with Crippen LogP contribution in [0.1, 0.15) is 84.8 Å². The van der Waals surface area contributed by atoms with Gasteiger partial charge in [-0.25, -0.2) is 28.5 Å². The molecule has 1 atom stereocenters. The first-order chi connectivity index (χ1) is 29.3. The van der Waals surface area contributed by atoms with Gasteiger partial charge in [0.05, 0.1) is 27.3 Å². The molecule has 2 saturated heterocycles. The molecular formula is C43H46F3N9O5S. The van der Waals surface area contributed by atoms with Gasteiger partial charge in [-0.15, -0.1) is 11.3 Å². The van der Waals surface area contributed by atoms with Gasteiger partial charge in [0.15, 0.2) is 17.4 Å². The molecule has 3 aromatic heterocycles. The fourth-order valence-corrected chi connectivity index (χ4v) is 10.8. The first-order valence-electron chi connectivity index (χ1n) is 20.8. The average Bonchev–Trinajstić information content (AvgIpc) is 3.88. The molecule has 3 saturated carbocycles. The van der Waals surface area contributed by atoms with E-state index in [1.807, 2.05) is 24.3 Å². The number of rotatable bonds is 11. The van der Waals surface area contributed by atoms with Crippen molar-refractivity contribution in [3.8, 4) is 17.1 Å². The molecule has 0 radical (unpaired) electrons. The normalized spacial score (nSPS) is 23.1. The zero-order chi connectivity index (χ0) is 42.6. The number of aromatic hydroxyl groups is 1. The van der Waals surface area contributed by atoms with E-state index in [2.05, 4.69) is 30.8 Å². The van der Waals surface area contributed by atoms with Crippen molar-refractivity contribution < 1.29 is 32.7 Å². The van der Waals surface area contributed by atoms with Gasteiger partial charge in [-0.05, 0) is 99.6 Å². The zero-order valence-corrected chi connectivity index (χ0v) is 34.5. The average molecular weight is 858 g/mol. The molecule has 3 N–H and O–H groups in total. The molecule has 5 aromatic rings. The molecule has 10 rings (SSSR count). The van der Waals surface area contributed by atoms with Gasteiger partial charge >= 0.3 is 5.69 Å². The Labute approximate surface area is 352 Å². The van der Waals surface area contributed by atoms with Gasteiger partial charge in [0.25, 0.3) is 5.91 Å². The maximum atomic E-state index is 14.3. The lowest BCUT2D eigenvalue weighted by Gasteiger charge is -2.52. The number of hydrogen-bond acceptors (Lipinski definition) is 11. The molecule has 61 heavy (non-hydrogen) atoms. The molecule has 14 nitrogen and oxygen atoms in total. The van der Waals surface area contributed by atoms with Gasteiger partial charge in [0.2, 0.25) is 23.6 Å². The summed E-state index contributed by atoms with van der Waals surface area (Å²) in [7, 11) is 1.71. The van der Waals surface area contributed by atoms with Crippen LogP contribution in [0.25, 0.3) is 22.4 Å². The molecule has 5 heterocycles. The number of aromatic nitrogens is 5. The lowest BCUT2D eigenvalue weighted by molar-refractivity contribution is -0.135. The van der Waals surface area contributed by atoms with E-state index in [0.717, 1.165) is 112 Å². The van der Waals surface area contributed by atoms with Crippen LogP contribution in [0.15, 0.2) is 46.7 Å². The number of piperazine rings is 1. The number of phenols is 1. The number of carbonyl (C=O) groups is 3. The Kier molecular flexibility index (Phi) is 10.7. The maximum Gasteiger partial charge on any atom is 0.329 e. The number of piperidine rings is 1. The molecule has 3 aliphatic carbocycles. The third-order valence-electron chi connectivity index (χ3n) is 13.5. The van der Waals surface area contributed by atoms with Crippen LogP contribution < -0.4 is 21.2 Å². The van der Waals surface area contributed by atoms with Crippen molar-refractivity contribution in [1.82, 2.24) is 39.6 Å². The van der Waals surface area contributed by atoms with Gasteiger partial charge < -0.3 is 15.3 Å². The van der Waals surface area contributed by atoms with Crippen molar-refractivity contribution in [2.45, 2.75) is 75.7 Å². The standard InChI is InChI=1S/C43H46F3N9O5S/c1-52-32-21-25(4-5-30(32)55(41(52)60)31-6-7-33(56)51-38(31)59)3-2-16-53-17-19-54(20-18-53)40-47-15-8-28(50-40)29-23-61-39(49-29)43-12-9-42(10-13-43,11-14-43)24-48-37(58)26-22-27(44)36(57)35(46)34(26)45/h4-5,8,15,21-23,31,57H,2-3,6-7,9-14,16-20,24H2,1H3,(H,48,58)(H,51,56,59). The Bertz CT molecular complexity index is 2590. The second-order valence-electron chi connectivity index (χ2n) is 17.1. The molecular weight excluding hydrogens is 812 g/mol. The second-order valence-corrected chi connectivity index (χ2v) is 17.9. The molecule has 3 amide bonds. The number of anilines is 1. The lowest BCUT2D eigenvalue weighted by Crippen LogP contribution is -2.49. The van der Waals surface area contributed by atoms with Gasteiger partial charge in [0.1, 0.15) is 11.7 Å². The SMILES string of the molecule is Cn1c(=O)n(C2CCC(=O)NC2=O)c2ccc(CCCN3CCN(c4nccc(-c5csc(C67CCC(CNC(=O)c8cc(F)c(O)c(F)c8F)(CC6)CC7)n5)n4)CC3)cc21. The number of halogens is 3. The van der Waals surface area contributed by atoms with Crippen molar-refractivity contribution in [1.29, 1.82) is 0 Å². The van der Waals surface area contributed by atoms with Gasteiger partial charge in [0, 0.05) is 63.2 Å². The summed E-state index contributed by atoms with van der Waals surface area (Å²) in [5, 5.41) is 17.5. The number of carbonyl (C=O) groups excluding carboxylic acids is 3. The second kappa shape index (κ2) is 16.0. The molecule has 2 aliphatic heterocycles. The summed E-state index contributed by atoms with van der Waals surface area (Å²) >= 11 is 1.64. The van der Waals surface area contributed by atoms with E-state index in [1.165, 1.54) is 4.57 Å². The summed E-state index contributed by atoms with van der Waals surface area (Å²) in [5.41, 5.74) is 2.83. The summed E-state index contributed by atoms with van der Waals surface area (Å²) in [4.78, 5) is 69.4. The van der Waals surface area contributed by atoms with Crippen molar-refractivity contribution in [2.24, 2.45) is 12.5 Å². The molecule has 18 heteroatoms. The molecule has 0 spiro atoms. The van der Waals surface area contributed by atoms with Crippen LogP contribution in [-0.4, -0.2) is 91.1 Å². The molecule has 5 aliphatic rings. The van der Waals surface area contributed by atoms with Crippen LogP contribution >= 0.6 is 11.3 Å². The Balaban J connectivity index is 0.763. The fraction of sp³-hybridized carbons (Fsp3) is 0.465. The molecule has 2 aromatic carbocycles. The van der Waals surface area contributed by atoms with E-state index >= 15 is 0 Å². The minimum atomic E-state index is -1.78. The molecule has 1 unspecified atom stereocenters. The van der Waals surface area contributed by atoms with Gasteiger partial charge in [-0.3, -0.25) is 33.7 Å². The number of thiazole rings is 1. The molecule has 320 valence electrons. The van der Waals surface area contributed by atoms with E-state index in [4.69, 9.17) is 9.97 Å². The Morgan fingerprint density at radius 2 is 1.70 bits per heavy atom. The highest BCUT2D eigenvalue weighted by Crippen LogP contribution is 2.58. The minimum absolute atomic E-state index is 0.0783. The highest BCUT2D eigenvalue weighted by molar-refractivity contribution is 7.10. The van der Waals surface area contributed by atoms with E-state index in [0.29, 0.717) is 24.0 Å². The third kappa shape index (κ3) is 7.57. The fourth-order valence-electron chi connectivity index (χ4n) is 9.71. The Morgan fingerprint density at radius 3 is 2.44 bits per heavy atom. The van der Waals surface area contributed by atoms with Crippen molar-refractivity contribution in [3.05, 3.63) is 86.0 Å². The summed E-state index contributed by atoms with van der Waals surface area (Å²) in [6, 6.07) is 7.64. The van der Waals surface area contributed by atoms with Crippen LogP contribution in [0.4, 0.5) is 19.1 Å². The van der Waals surface area contributed by atoms with Crippen molar-refractivity contribution >= 4 is 46.0 Å². The van der Waals surface area contributed by atoms with E-state index in [9.17, 15) is 37.5 Å². The van der Waals surface area contributed by atoms with Crippen LogP contribution in [0.5, 0.6) is 5.75 Å². The predicted octanol–water partition coefficient (Wildman–Crippen LogP) is 5.13. The Hall–Kier alpha value is -5.62. The van der Waals surface area contributed by atoms with E-state index in [1.54, 1.807) is 29.1 Å². The number of nitrogens with one attached hydrogen (secondary N) is 2. The van der Waals surface area contributed by atoms with Crippen molar-refractivity contribution in [3.63, 3.8) is 0 Å². The number of amides is 3. The Morgan fingerprint density at radius 1 is 0.951 bits per heavy atom. The number of imidazole rings is 1. The smallest absolute Gasteiger partial charge is 0.329 e. The van der Waals surface area contributed by atoms with Gasteiger partial charge in [-0.2, -0.15) is 4.39 Å². The summed E-state index contributed by atoms with van der Waals surface area (Å²) in [5.74, 6) is -7.18. The number of imide groups is 1. The number of fused-ring (bicyclic) bond motifs is 4. The van der Waals surface area contributed by atoms with Crippen LogP contribution in [0, 0.1) is 22.9 Å². The highest BCUT2D eigenvalue weighted by atomic mass is 32.1. The van der Waals surface area contributed by atoms with Gasteiger partial charge in [-0.1, -0.05) is 6.07 Å². The number of aryl methyl sites for hydroxylation is 2. The van der Waals surface area contributed by atoms with Crippen molar-refractivity contribution in [2.75, 3.05) is 44.2 Å². The topological polar surface area (TPSA) is 168 Å². The number of nitrogens with zero attached hydrogens (tertiary/aromatic N) is 7. The van der Waals surface area contributed by atoms with E-state index in [-0.39, 0.29) is 35.4 Å². The first-order valence-corrected chi connectivity index (χ1v) is 21.7. The largest absolute Gasteiger partial charge is 0.503 e. The number of hydrogen-bond donors (Lipinski definition) is 3. The first kappa shape index (κ1) is 40.8. The van der Waals surface area contributed by atoms with Crippen LogP contribution in [0.2, 0.25) is 0 Å². The highest BCUT2D eigenvalue weighted by Gasteiger charge is 2.51. The molecule has 5 fully saturated rings. The predicted molar refractivity (Wildman–Crippen MR) is 221 cm³/mol.